The highest BCUT2D eigenvalue weighted by atomic mass is 19.1. The van der Waals surface area contributed by atoms with Crippen LogP contribution < -0.4 is 11.0 Å². The minimum absolute atomic E-state index is 0.0573. The van der Waals surface area contributed by atoms with Crippen LogP contribution in [0, 0.1) is 12.7 Å². The van der Waals surface area contributed by atoms with Crippen molar-refractivity contribution in [3.63, 3.8) is 0 Å². The first-order valence-corrected chi connectivity index (χ1v) is 12.3. The summed E-state index contributed by atoms with van der Waals surface area (Å²) in [6, 6.07) is 12.1. The zero-order valence-corrected chi connectivity index (χ0v) is 19.7. The van der Waals surface area contributed by atoms with E-state index in [0.29, 0.717) is 11.6 Å². The van der Waals surface area contributed by atoms with Gasteiger partial charge in [-0.3, -0.25) is 9.13 Å². The molecule has 176 valence electrons. The molecule has 2 aliphatic rings. The standard InChI is InChI=1S/C27H30FN5O/c1-17-13-18(7-9-22(17)28)25-26(32(16-30-25)21-11-12-29-15-21)19-8-10-23-24(14-19)31(2)27(34)33(23)20-5-3-4-6-20/h7-10,13-14,16,20-21,29H,3-6,11-12,15H2,1-2H3. The third-order valence-corrected chi connectivity index (χ3v) is 7.71. The van der Waals surface area contributed by atoms with Crippen molar-refractivity contribution in [2.75, 3.05) is 13.1 Å². The van der Waals surface area contributed by atoms with Gasteiger partial charge in [-0.2, -0.15) is 0 Å². The number of fused-ring (bicyclic) bond motifs is 1. The Hall–Kier alpha value is -3.19. The summed E-state index contributed by atoms with van der Waals surface area (Å²) in [5.74, 6) is -0.214. The van der Waals surface area contributed by atoms with Crippen LogP contribution in [0.2, 0.25) is 0 Å². The number of benzene rings is 2. The minimum atomic E-state index is -0.214. The van der Waals surface area contributed by atoms with Crippen LogP contribution in [0.25, 0.3) is 33.5 Å². The van der Waals surface area contributed by atoms with Gasteiger partial charge < -0.3 is 9.88 Å². The lowest BCUT2D eigenvalue weighted by molar-refractivity contribution is 0.509. The van der Waals surface area contributed by atoms with E-state index in [2.05, 4.69) is 28.1 Å². The first-order valence-electron chi connectivity index (χ1n) is 12.3. The van der Waals surface area contributed by atoms with Gasteiger partial charge >= 0.3 is 5.69 Å². The molecule has 7 heteroatoms. The second kappa shape index (κ2) is 8.24. The van der Waals surface area contributed by atoms with Crippen molar-refractivity contribution < 1.29 is 4.39 Å². The van der Waals surface area contributed by atoms with Gasteiger partial charge in [-0.05, 0) is 68.6 Å². The second-order valence-corrected chi connectivity index (χ2v) is 9.81. The SMILES string of the molecule is Cc1cc(-c2ncn(C3CCNC3)c2-c2ccc3c(c2)n(C)c(=O)n3C2CCCC2)ccc1F. The molecule has 4 aromatic rings. The molecule has 1 aliphatic carbocycles. The van der Waals surface area contributed by atoms with Gasteiger partial charge in [0.15, 0.2) is 0 Å². The largest absolute Gasteiger partial charge is 0.329 e. The van der Waals surface area contributed by atoms with E-state index in [-0.39, 0.29) is 17.5 Å². The molecule has 0 amide bonds. The van der Waals surface area contributed by atoms with Gasteiger partial charge in [0.25, 0.3) is 0 Å². The predicted octanol–water partition coefficient (Wildman–Crippen LogP) is 4.97. The van der Waals surface area contributed by atoms with Crippen molar-refractivity contribution in [3.05, 3.63) is 64.6 Å². The third kappa shape index (κ3) is 3.33. The fourth-order valence-corrected chi connectivity index (χ4v) is 5.83. The molecule has 2 fully saturated rings. The van der Waals surface area contributed by atoms with E-state index < -0.39 is 0 Å². The molecule has 0 radical (unpaired) electrons. The number of hydrogen-bond donors (Lipinski definition) is 1. The summed E-state index contributed by atoms with van der Waals surface area (Å²) in [5.41, 5.74) is 6.37. The predicted molar refractivity (Wildman–Crippen MR) is 133 cm³/mol. The number of rotatable bonds is 4. The maximum Gasteiger partial charge on any atom is 0.329 e. The van der Waals surface area contributed by atoms with Crippen LogP contribution in [0.1, 0.15) is 49.8 Å². The number of imidazole rings is 2. The highest BCUT2D eigenvalue weighted by molar-refractivity contribution is 5.86. The van der Waals surface area contributed by atoms with Crippen LogP contribution in [-0.2, 0) is 7.05 Å². The van der Waals surface area contributed by atoms with Gasteiger partial charge in [-0.1, -0.05) is 18.9 Å². The topological polar surface area (TPSA) is 56.8 Å². The molecule has 1 saturated carbocycles. The molecule has 1 aliphatic heterocycles. The molecule has 1 atom stereocenters. The number of aromatic nitrogens is 4. The van der Waals surface area contributed by atoms with Crippen molar-refractivity contribution in [1.82, 2.24) is 24.0 Å². The first-order chi connectivity index (χ1) is 16.5. The van der Waals surface area contributed by atoms with Crippen LogP contribution in [0.4, 0.5) is 4.39 Å². The highest BCUT2D eigenvalue weighted by Gasteiger charge is 2.26. The Kier molecular flexibility index (Phi) is 5.17. The molecule has 0 bridgehead atoms. The minimum Gasteiger partial charge on any atom is -0.326 e. The number of nitrogens with one attached hydrogen (secondary N) is 1. The Morgan fingerprint density at radius 3 is 2.53 bits per heavy atom. The summed E-state index contributed by atoms with van der Waals surface area (Å²) >= 11 is 0. The third-order valence-electron chi connectivity index (χ3n) is 7.71. The molecular formula is C27H30FN5O. The quantitative estimate of drug-likeness (QED) is 0.469. The summed E-state index contributed by atoms with van der Waals surface area (Å²) < 4.78 is 20.0. The average Bonchev–Trinajstić information content (AvgIpc) is 3.63. The van der Waals surface area contributed by atoms with Gasteiger partial charge in [-0.15, -0.1) is 0 Å². The van der Waals surface area contributed by atoms with E-state index >= 15 is 0 Å². The smallest absolute Gasteiger partial charge is 0.326 e. The fourth-order valence-electron chi connectivity index (χ4n) is 5.83. The number of halogens is 1. The molecule has 2 aromatic carbocycles. The van der Waals surface area contributed by atoms with E-state index in [1.807, 2.05) is 24.0 Å². The van der Waals surface area contributed by atoms with E-state index in [0.717, 1.165) is 65.9 Å². The Bertz CT molecular complexity index is 1430. The zero-order chi connectivity index (χ0) is 23.4. The number of aryl methyl sites for hydroxylation is 2. The Morgan fingerprint density at radius 2 is 1.79 bits per heavy atom. The van der Waals surface area contributed by atoms with Gasteiger partial charge in [0.1, 0.15) is 5.82 Å². The lowest BCUT2D eigenvalue weighted by atomic mass is 10.0. The maximum absolute atomic E-state index is 14.0. The molecule has 1 N–H and O–H groups in total. The average molecular weight is 460 g/mol. The van der Waals surface area contributed by atoms with Gasteiger partial charge in [0, 0.05) is 36.8 Å². The van der Waals surface area contributed by atoms with E-state index in [1.165, 1.54) is 18.9 Å². The van der Waals surface area contributed by atoms with E-state index in [4.69, 9.17) is 4.98 Å². The van der Waals surface area contributed by atoms with E-state index in [9.17, 15) is 9.18 Å². The fraction of sp³-hybridized carbons (Fsp3) is 0.407. The van der Waals surface area contributed by atoms with Crippen LogP contribution in [0.3, 0.4) is 0 Å². The van der Waals surface area contributed by atoms with Crippen molar-refractivity contribution in [3.8, 4) is 22.5 Å². The van der Waals surface area contributed by atoms with Crippen LogP contribution >= 0.6 is 0 Å². The molecule has 2 aromatic heterocycles. The normalized spacial score (nSPS) is 19.0. The van der Waals surface area contributed by atoms with Crippen molar-refractivity contribution in [1.29, 1.82) is 0 Å². The molecule has 0 spiro atoms. The van der Waals surface area contributed by atoms with Crippen LogP contribution in [0.5, 0.6) is 0 Å². The molecule has 1 saturated heterocycles. The lowest BCUT2D eigenvalue weighted by Crippen LogP contribution is -2.24. The summed E-state index contributed by atoms with van der Waals surface area (Å²) in [4.78, 5) is 18.0. The van der Waals surface area contributed by atoms with E-state index in [1.54, 1.807) is 17.6 Å². The molecule has 1 unspecified atom stereocenters. The van der Waals surface area contributed by atoms with Crippen molar-refractivity contribution in [2.24, 2.45) is 7.05 Å². The molecule has 6 nitrogen and oxygen atoms in total. The maximum atomic E-state index is 14.0. The molecule has 3 heterocycles. The van der Waals surface area contributed by atoms with Gasteiger partial charge in [0.05, 0.1) is 28.7 Å². The summed E-state index contributed by atoms with van der Waals surface area (Å²) in [5, 5.41) is 3.45. The van der Waals surface area contributed by atoms with Crippen LogP contribution in [-0.4, -0.2) is 31.8 Å². The Labute approximate surface area is 198 Å². The van der Waals surface area contributed by atoms with Gasteiger partial charge in [-0.25, -0.2) is 14.2 Å². The van der Waals surface area contributed by atoms with Crippen LogP contribution in [0.15, 0.2) is 47.5 Å². The number of hydrogen-bond acceptors (Lipinski definition) is 3. The van der Waals surface area contributed by atoms with Gasteiger partial charge in [0.2, 0.25) is 0 Å². The van der Waals surface area contributed by atoms with Crippen molar-refractivity contribution >= 4 is 11.0 Å². The van der Waals surface area contributed by atoms with Crippen molar-refractivity contribution in [2.45, 2.75) is 51.1 Å². The summed E-state index contributed by atoms with van der Waals surface area (Å²) in [6.45, 7) is 3.65. The monoisotopic (exact) mass is 459 g/mol. The summed E-state index contributed by atoms with van der Waals surface area (Å²) in [6.07, 6.45) is 7.44. The highest BCUT2D eigenvalue weighted by Crippen LogP contribution is 2.37. The second-order valence-electron chi connectivity index (χ2n) is 9.81. The number of nitrogens with zero attached hydrogens (tertiary/aromatic N) is 4. The molecule has 34 heavy (non-hydrogen) atoms. The lowest BCUT2D eigenvalue weighted by Gasteiger charge is -2.17. The molecular weight excluding hydrogens is 429 g/mol. The Balaban J connectivity index is 1.55. The summed E-state index contributed by atoms with van der Waals surface area (Å²) in [7, 11) is 1.86. The Morgan fingerprint density at radius 1 is 1.00 bits per heavy atom. The molecule has 6 rings (SSSR count). The zero-order valence-electron chi connectivity index (χ0n) is 19.7. The first kappa shape index (κ1) is 21.4.